The summed E-state index contributed by atoms with van der Waals surface area (Å²) < 4.78 is 0. The number of rotatable bonds is 4. The molecule has 2 aromatic rings. The van der Waals surface area contributed by atoms with Gasteiger partial charge in [0.2, 0.25) is 5.91 Å². The summed E-state index contributed by atoms with van der Waals surface area (Å²) in [5.74, 6) is 0.0495. The number of carbonyl (C=O) groups is 2. The Morgan fingerprint density at radius 1 is 1.12 bits per heavy atom. The molecule has 2 amide bonds. The number of amides is 2. The number of nitrogens with zero attached hydrogens (tertiary/aromatic N) is 1. The maximum Gasteiger partial charge on any atom is 0.251 e. The number of anilines is 1. The maximum absolute atomic E-state index is 12.5. The zero-order valence-corrected chi connectivity index (χ0v) is 15.0. The summed E-state index contributed by atoms with van der Waals surface area (Å²) >= 11 is 0. The molecule has 130 valence electrons. The van der Waals surface area contributed by atoms with Gasteiger partial charge in [-0.2, -0.15) is 0 Å². The lowest BCUT2D eigenvalue weighted by atomic mass is 9.99. The highest BCUT2D eigenvalue weighted by Gasteiger charge is 2.22. The molecule has 25 heavy (non-hydrogen) atoms. The Hall–Kier alpha value is -2.62. The van der Waals surface area contributed by atoms with E-state index in [1.54, 1.807) is 17.0 Å². The van der Waals surface area contributed by atoms with Gasteiger partial charge < -0.3 is 10.2 Å². The van der Waals surface area contributed by atoms with Gasteiger partial charge >= 0.3 is 0 Å². The molecule has 0 unspecified atom stereocenters. The van der Waals surface area contributed by atoms with Crippen LogP contribution in [0.1, 0.15) is 52.9 Å². The average Bonchev–Trinajstić information content (AvgIpc) is 3.03. The monoisotopic (exact) mass is 336 g/mol. The molecule has 2 aromatic carbocycles. The Balaban J connectivity index is 1.70. The van der Waals surface area contributed by atoms with Crippen LogP contribution in [0.3, 0.4) is 0 Å². The Labute approximate surface area is 148 Å². The van der Waals surface area contributed by atoms with Gasteiger partial charge in [0, 0.05) is 24.2 Å². The number of hydrogen-bond donors (Lipinski definition) is 1. The topological polar surface area (TPSA) is 49.4 Å². The molecule has 1 heterocycles. The van der Waals surface area contributed by atoms with Crippen molar-refractivity contribution in [2.24, 2.45) is 0 Å². The standard InChI is InChI=1S/C21H24N2O2/c1-14-6-7-15(2)19(13-14)16(3)22-21(25)17-8-10-18(11-9-17)23-12-4-5-20(23)24/h6-11,13,16H,4-5,12H2,1-3H3,(H,22,25)/t16-/m0/s1. The minimum atomic E-state index is -0.104. The van der Waals surface area contributed by atoms with Gasteiger partial charge in [-0.15, -0.1) is 0 Å². The second kappa shape index (κ2) is 7.09. The van der Waals surface area contributed by atoms with Crippen molar-refractivity contribution in [2.45, 2.75) is 39.7 Å². The highest BCUT2D eigenvalue weighted by atomic mass is 16.2. The summed E-state index contributed by atoms with van der Waals surface area (Å²) in [6, 6.07) is 13.5. The SMILES string of the molecule is Cc1ccc(C)c([C@H](C)NC(=O)c2ccc(N3CCCC3=O)cc2)c1. The van der Waals surface area contributed by atoms with Crippen LogP contribution in [-0.4, -0.2) is 18.4 Å². The molecular weight excluding hydrogens is 312 g/mol. The fourth-order valence-electron chi connectivity index (χ4n) is 3.30. The van der Waals surface area contributed by atoms with E-state index in [1.165, 1.54) is 11.1 Å². The van der Waals surface area contributed by atoms with Gasteiger partial charge in [-0.05, 0) is 62.6 Å². The van der Waals surface area contributed by atoms with Crippen molar-refractivity contribution in [1.82, 2.24) is 5.32 Å². The average molecular weight is 336 g/mol. The summed E-state index contributed by atoms with van der Waals surface area (Å²) in [6.07, 6.45) is 1.50. The third-order valence-corrected chi connectivity index (χ3v) is 4.76. The molecule has 0 bridgehead atoms. The van der Waals surface area contributed by atoms with E-state index in [0.717, 1.165) is 24.2 Å². The first-order valence-corrected chi connectivity index (χ1v) is 8.74. The fraction of sp³-hybridized carbons (Fsp3) is 0.333. The molecule has 0 aromatic heterocycles. The van der Waals surface area contributed by atoms with E-state index in [1.807, 2.05) is 19.1 Å². The third-order valence-electron chi connectivity index (χ3n) is 4.76. The fourth-order valence-corrected chi connectivity index (χ4v) is 3.30. The number of aryl methyl sites for hydroxylation is 2. The van der Waals surface area contributed by atoms with Crippen LogP contribution in [0.25, 0.3) is 0 Å². The van der Waals surface area contributed by atoms with Crippen LogP contribution in [0.15, 0.2) is 42.5 Å². The zero-order valence-electron chi connectivity index (χ0n) is 15.0. The lowest BCUT2D eigenvalue weighted by molar-refractivity contribution is -0.117. The second-order valence-electron chi connectivity index (χ2n) is 6.75. The second-order valence-corrected chi connectivity index (χ2v) is 6.75. The molecule has 1 N–H and O–H groups in total. The minimum Gasteiger partial charge on any atom is -0.346 e. The predicted octanol–water partition coefficient (Wildman–Crippen LogP) is 3.92. The Bertz CT molecular complexity index is 796. The van der Waals surface area contributed by atoms with Crippen LogP contribution in [0.2, 0.25) is 0 Å². The minimum absolute atomic E-state index is 0.0627. The van der Waals surface area contributed by atoms with Crippen molar-refractivity contribution in [3.8, 4) is 0 Å². The Morgan fingerprint density at radius 3 is 2.48 bits per heavy atom. The first kappa shape index (κ1) is 17.2. The van der Waals surface area contributed by atoms with E-state index < -0.39 is 0 Å². The molecule has 4 nitrogen and oxygen atoms in total. The van der Waals surface area contributed by atoms with E-state index in [2.05, 4.69) is 37.4 Å². The Kier molecular flexibility index (Phi) is 4.88. The van der Waals surface area contributed by atoms with E-state index >= 15 is 0 Å². The normalized spacial score (nSPS) is 15.3. The van der Waals surface area contributed by atoms with Crippen molar-refractivity contribution in [3.05, 3.63) is 64.7 Å². The smallest absolute Gasteiger partial charge is 0.251 e. The summed E-state index contributed by atoms with van der Waals surface area (Å²) in [5.41, 5.74) is 4.95. The molecule has 1 fully saturated rings. The molecular formula is C21H24N2O2. The molecule has 1 aliphatic rings. The lowest BCUT2D eigenvalue weighted by Crippen LogP contribution is -2.27. The van der Waals surface area contributed by atoms with Crippen molar-refractivity contribution < 1.29 is 9.59 Å². The molecule has 0 saturated carbocycles. The summed E-state index contributed by atoms with van der Waals surface area (Å²) in [6.45, 7) is 6.86. The first-order chi connectivity index (χ1) is 12.0. The van der Waals surface area contributed by atoms with Gasteiger partial charge in [0.05, 0.1) is 6.04 Å². The number of nitrogens with one attached hydrogen (secondary N) is 1. The van der Waals surface area contributed by atoms with Gasteiger partial charge in [0.15, 0.2) is 0 Å². The lowest BCUT2D eigenvalue weighted by Gasteiger charge is -2.18. The zero-order chi connectivity index (χ0) is 18.0. The molecule has 1 atom stereocenters. The molecule has 3 rings (SSSR count). The predicted molar refractivity (Wildman–Crippen MR) is 99.8 cm³/mol. The van der Waals surface area contributed by atoms with Crippen LogP contribution in [0.4, 0.5) is 5.69 Å². The van der Waals surface area contributed by atoms with E-state index in [0.29, 0.717) is 12.0 Å². The first-order valence-electron chi connectivity index (χ1n) is 8.74. The van der Waals surface area contributed by atoms with Crippen molar-refractivity contribution in [3.63, 3.8) is 0 Å². The van der Waals surface area contributed by atoms with Crippen LogP contribution >= 0.6 is 0 Å². The van der Waals surface area contributed by atoms with Crippen molar-refractivity contribution in [2.75, 3.05) is 11.4 Å². The highest BCUT2D eigenvalue weighted by molar-refractivity contribution is 5.97. The summed E-state index contributed by atoms with van der Waals surface area (Å²) in [4.78, 5) is 26.1. The number of hydrogen-bond acceptors (Lipinski definition) is 2. The van der Waals surface area contributed by atoms with Crippen LogP contribution in [-0.2, 0) is 4.79 Å². The van der Waals surface area contributed by atoms with Gasteiger partial charge in [-0.3, -0.25) is 9.59 Å². The Morgan fingerprint density at radius 2 is 1.84 bits per heavy atom. The molecule has 0 radical (unpaired) electrons. The molecule has 4 heteroatoms. The maximum atomic E-state index is 12.5. The van der Waals surface area contributed by atoms with Gasteiger partial charge in [-0.1, -0.05) is 23.8 Å². The molecule has 0 spiro atoms. The number of benzene rings is 2. The van der Waals surface area contributed by atoms with Gasteiger partial charge in [0.25, 0.3) is 5.91 Å². The third kappa shape index (κ3) is 3.73. The van der Waals surface area contributed by atoms with Gasteiger partial charge in [0.1, 0.15) is 0 Å². The van der Waals surface area contributed by atoms with Crippen LogP contribution < -0.4 is 10.2 Å². The number of carbonyl (C=O) groups excluding carboxylic acids is 2. The largest absolute Gasteiger partial charge is 0.346 e. The quantitative estimate of drug-likeness (QED) is 0.920. The summed E-state index contributed by atoms with van der Waals surface area (Å²) in [5, 5.41) is 3.06. The molecule has 0 aliphatic carbocycles. The highest BCUT2D eigenvalue weighted by Crippen LogP contribution is 2.23. The van der Waals surface area contributed by atoms with E-state index in [4.69, 9.17) is 0 Å². The van der Waals surface area contributed by atoms with Crippen molar-refractivity contribution in [1.29, 1.82) is 0 Å². The van der Waals surface area contributed by atoms with E-state index in [9.17, 15) is 9.59 Å². The van der Waals surface area contributed by atoms with E-state index in [-0.39, 0.29) is 17.9 Å². The van der Waals surface area contributed by atoms with Crippen molar-refractivity contribution >= 4 is 17.5 Å². The van der Waals surface area contributed by atoms with Crippen LogP contribution in [0.5, 0.6) is 0 Å². The molecule has 1 saturated heterocycles. The van der Waals surface area contributed by atoms with Crippen LogP contribution in [0, 0.1) is 13.8 Å². The summed E-state index contributed by atoms with van der Waals surface area (Å²) in [7, 11) is 0. The van der Waals surface area contributed by atoms with Gasteiger partial charge in [-0.25, -0.2) is 0 Å². The molecule has 1 aliphatic heterocycles.